The molecular weight excluding hydrogens is 228 g/mol. The maximum Gasteiger partial charge on any atom is 0.0240 e. The van der Waals surface area contributed by atoms with E-state index in [9.17, 15) is 0 Å². The molecule has 1 atom stereocenters. The normalized spacial score (nSPS) is 14.6. The molecular formula is C14H32N2S. The van der Waals surface area contributed by atoms with Crippen LogP contribution in [0.3, 0.4) is 0 Å². The third-order valence-corrected chi connectivity index (χ3v) is 3.73. The van der Waals surface area contributed by atoms with Crippen LogP contribution in [0.2, 0.25) is 0 Å². The van der Waals surface area contributed by atoms with Crippen LogP contribution in [0.25, 0.3) is 0 Å². The molecule has 0 aliphatic carbocycles. The molecule has 0 aromatic rings. The fraction of sp³-hybridized carbons (Fsp3) is 1.00. The van der Waals surface area contributed by atoms with Crippen molar-refractivity contribution in [1.82, 2.24) is 10.2 Å². The summed E-state index contributed by atoms with van der Waals surface area (Å²) in [7, 11) is 2.26. The van der Waals surface area contributed by atoms with Gasteiger partial charge in [0.1, 0.15) is 0 Å². The van der Waals surface area contributed by atoms with Crippen LogP contribution in [-0.2, 0) is 0 Å². The first kappa shape index (κ1) is 17.3. The van der Waals surface area contributed by atoms with Gasteiger partial charge in [0, 0.05) is 18.1 Å². The Morgan fingerprint density at radius 1 is 1.24 bits per heavy atom. The highest BCUT2D eigenvalue weighted by Crippen LogP contribution is 2.11. The van der Waals surface area contributed by atoms with Crippen LogP contribution in [0.15, 0.2) is 0 Å². The minimum absolute atomic E-state index is 0.216. The number of hydrogen-bond donors (Lipinski definition) is 1. The van der Waals surface area contributed by atoms with Gasteiger partial charge in [-0.3, -0.25) is 0 Å². The molecule has 1 N–H and O–H groups in total. The van der Waals surface area contributed by atoms with Crippen LogP contribution in [0.4, 0.5) is 0 Å². The second-order valence-electron chi connectivity index (χ2n) is 6.27. The topological polar surface area (TPSA) is 15.3 Å². The maximum atomic E-state index is 3.63. The number of rotatable bonds is 8. The molecule has 0 saturated carbocycles. The van der Waals surface area contributed by atoms with E-state index in [4.69, 9.17) is 0 Å². The first-order valence-corrected chi connectivity index (χ1v) is 8.11. The van der Waals surface area contributed by atoms with Crippen molar-refractivity contribution in [2.75, 3.05) is 32.1 Å². The van der Waals surface area contributed by atoms with Crippen LogP contribution in [0.1, 0.15) is 41.0 Å². The summed E-state index contributed by atoms with van der Waals surface area (Å²) in [6.45, 7) is 13.6. The highest BCUT2D eigenvalue weighted by atomic mass is 32.2. The number of nitrogens with one attached hydrogen (secondary N) is 1. The molecule has 17 heavy (non-hydrogen) atoms. The summed E-state index contributed by atoms with van der Waals surface area (Å²) in [5.41, 5.74) is 0.216. The standard InChI is InChI=1S/C14H32N2S/c1-12(2)13(11-15-14(3,4)5)16(6)9-8-10-17-7/h12-13,15H,8-11H2,1-7H3. The van der Waals surface area contributed by atoms with Crippen LogP contribution in [0.5, 0.6) is 0 Å². The van der Waals surface area contributed by atoms with Crippen molar-refractivity contribution >= 4 is 11.8 Å². The Labute approximate surface area is 113 Å². The van der Waals surface area contributed by atoms with Crippen molar-refractivity contribution in [3.63, 3.8) is 0 Å². The average Bonchev–Trinajstić information content (AvgIpc) is 2.15. The monoisotopic (exact) mass is 260 g/mol. The molecule has 0 spiro atoms. The average molecular weight is 260 g/mol. The van der Waals surface area contributed by atoms with Gasteiger partial charge in [-0.25, -0.2) is 0 Å². The van der Waals surface area contributed by atoms with Crippen molar-refractivity contribution in [3.05, 3.63) is 0 Å². The van der Waals surface area contributed by atoms with Gasteiger partial charge in [0.25, 0.3) is 0 Å². The third kappa shape index (κ3) is 8.92. The minimum Gasteiger partial charge on any atom is -0.311 e. The molecule has 0 aliphatic rings. The van der Waals surface area contributed by atoms with Gasteiger partial charge < -0.3 is 10.2 Å². The molecule has 0 saturated heterocycles. The summed E-state index contributed by atoms with van der Waals surface area (Å²) in [6, 6.07) is 0.635. The van der Waals surface area contributed by atoms with Gasteiger partial charge in [-0.05, 0) is 58.7 Å². The zero-order valence-electron chi connectivity index (χ0n) is 12.8. The van der Waals surface area contributed by atoms with Crippen molar-refractivity contribution < 1.29 is 0 Å². The summed E-state index contributed by atoms with van der Waals surface area (Å²) in [5, 5.41) is 3.63. The van der Waals surface area contributed by atoms with Crippen LogP contribution in [0, 0.1) is 5.92 Å². The molecule has 104 valence electrons. The third-order valence-electron chi connectivity index (χ3n) is 3.04. The van der Waals surface area contributed by atoms with Gasteiger partial charge in [-0.2, -0.15) is 11.8 Å². The summed E-state index contributed by atoms with van der Waals surface area (Å²) in [5.74, 6) is 1.96. The smallest absolute Gasteiger partial charge is 0.0240 e. The van der Waals surface area contributed by atoms with E-state index in [1.54, 1.807) is 0 Å². The van der Waals surface area contributed by atoms with Crippen molar-refractivity contribution in [1.29, 1.82) is 0 Å². The van der Waals surface area contributed by atoms with Gasteiger partial charge in [0.05, 0.1) is 0 Å². The van der Waals surface area contributed by atoms with Gasteiger partial charge in [-0.15, -0.1) is 0 Å². The van der Waals surface area contributed by atoms with E-state index < -0.39 is 0 Å². The Kier molecular flexibility index (Phi) is 8.52. The number of likely N-dealkylation sites (N-methyl/N-ethyl adjacent to an activating group) is 1. The number of hydrogen-bond acceptors (Lipinski definition) is 3. The highest BCUT2D eigenvalue weighted by molar-refractivity contribution is 7.98. The molecule has 0 amide bonds. The lowest BCUT2D eigenvalue weighted by molar-refractivity contribution is 0.177. The lowest BCUT2D eigenvalue weighted by atomic mass is 10.0. The van der Waals surface area contributed by atoms with E-state index in [2.05, 4.69) is 58.1 Å². The fourth-order valence-electron chi connectivity index (χ4n) is 1.94. The van der Waals surface area contributed by atoms with E-state index in [1.165, 1.54) is 18.7 Å². The molecule has 0 aromatic carbocycles. The molecule has 0 aromatic heterocycles. The molecule has 0 heterocycles. The Balaban J connectivity index is 4.12. The summed E-state index contributed by atoms with van der Waals surface area (Å²) >= 11 is 1.94. The predicted molar refractivity (Wildman–Crippen MR) is 82.0 cm³/mol. The van der Waals surface area contributed by atoms with Gasteiger partial charge in [-0.1, -0.05) is 13.8 Å². The Bertz CT molecular complexity index is 187. The quantitative estimate of drug-likeness (QED) is 0.675. The second-order valence-corrected chi connectivity index (χ2v) is 7.25. The van der Waals surface area contributed by atoms with Gasteiger partial charge in [0.15, 0.2) is 0 Å². The first-order valence-electron chi connectivity index (χ1n) is 6.72. The molecule has 0 fully saturated rings. The van der Waals surface area contributed by atoms with Gasteiger partial charge in [0.2, 0.25) is 0 Å². The van der Waals surface area contributed by atoms with E-state index >= 15 is 0 Å². The summed E-state index contributed by atoms with van der Waals surface area (Å²) in [6.07, 6.45) is 3.47. The maximum absolute atomic E-state index is 3.63. The zero-order chi connectivity index (χ0) is 13.5. The SMILES string of the molecule is CSCCCN(C)C(CNC(C)(C)C)C(C)C. The van der Waals surface area contributed by atoms with E-state index in [0.29, 0.717) is 12.0 Å². The Hall–Kier alpha value is 0.270. The minimum atomic E-state index is 0.216. The molecule has 2 nitrogen and oxygen atoms in total. The fourth-order valence-corrected chi connectivity index (χ4v) is 2.35. The van der Waals surface area contributed by atoms with Gasteiger partial charge >= 0.3 is 0 Å². The molecule has 1 unspecified atom stereocenters. The molecule has 0 aliphatic heterocycles. The predicted octanol–water partition coefficient (Wildman–Crippen LogP) is 3.08. The lowest BCUT2D eigenvalue weighted by Crippen LogP contribution is -2.49. The largest absolute Gasteiger partial charge is 0.311 e. The second kappa shape index (κ2) is 8.39. The van der Waals surface area contributed by atoms with Crippen molar-refractivity contribution in [2.24, 2.45) is 5.92 Å². The highest BCUT2D eigenvalue weighted by Gasteiger charge is 2.20. The summed E-state index contributed by atoms with van der Waals surface area (Å²) in [4.78, 5) is 2.51. The number of nitrogens with zero attached hydrogens (tertiary/aromatic N) is 1. The molecule has 0 radical (unpaired) electrons. The summed E-state index contributed by atoms with van der Waals surface area (Å²) < 4.78 is 0. The molecule has 0 bridgehead atoms. The zero-order valence-corrected chi connectivity index (χ0v) is 13.7. The first-order chi connectivity index (χ1) is 7.78. The molecule has 0 rings (SSSR count). The lowest BCUT2D eigenvalue weighted by Gasteiger charge is -2.34. The van der Waals surface area contributed by atoms with Crippen LogP contribution in [-0.4, -0.2) is 48.6 Å². The Morgan fingerprint density at radius 3 is 2.24 bits per heavy atom. The van der Waals surface area contributed by atoms with E-state index in [0.717, 1.165) is 6.54 Å². The van der Waals surface area contributed by atoms with E-state index in [1.807, 2.05) is 11.8 Å². The van der Waals surface area contributed by atoms with Crippen molar-refractivity contribution in [3.8, 4) is 0 Å². The number of thioether (sulfide) groups is 1. The van der Waals surface area contributed by atoms with E-state index in [-0.39, 0.29) is 5.54 Å². The van der Waals surface area contributed by atoms with Crippen LogP contribution < -0.4 is 5.32 Å². The van der Waals surface area contributed by atoms with Crippen molar-refractivity contribution in [2.45, 2.75) is 52.6 Å². The molecule has 3 heteroatoms. The van der Waals surface area contributed by atoms with Crippen LogP contribution >= 0.6 is 11.8 Å². The Morgan fingerprint density at radius 2 is 1.82 bits per heavy atom.